The lowest BCUT2D eigenvalue weighted by atomic mass is 9.75. The van der Waals surface area contributed by atoms with Crippen LogP contribution in [0.25, 0.3) is 0 Å². The zero-order valence-corrected chi connectivity index (χ0v) is 9.67. The fourth-order valence-electron chi connectivity index (χ4n) is 1.78. The van der Waals surface area contributed by atoms with Crippen molar-refractivity contribution in [2.75, 3.05) is 7.11 Å². The van der Waals surface area contributed by atoms with E-state index in [1.165, 1.54) is 0 Å². The second-order valence-electron chi connectivity index (χ2n) is 3.73. The van der Waals surface area contributed by atoms with E-state index in [1.807, 2.05) is 18.2 Å². The number of rotatable bonds is 2. The average molecular weight is 257 g/mol. The molecule has 0 saturated heterocycles. The van der Waals surface area contributed by atoms with Gasteiger partial charge in [0.1, 0.15) is 5.75 Å². The van der Waals surface area contributed by atoms with E-state index in [9.17, 15) is 5.11 Å². The van der Waals surface area contributed by atoms with E-state index < -0.39 is 5.60 Å². The summed E-state index contributed by atoms with van der Waals surface area (Å²) in [6.07, 6.45) is 2.82. The summed E-state index contributed by atoms with van der Waals surface area (Å²) in [5.41, 5.74) is 0.370. The quantitative estimate of drug-likeness (QED) is 0.882. The third-order valence-corrected chi connectivity index (χ3v) is 3.51. The minimum absolute atomic E-state index is 0.606. The Morgan fingerprint density at radius 1 is 1.43 bits per heavy atom. The summed E-state index contributed by atoms with van der Waals surface area (Å²) in [4.78, 5) is 0. The summed E-state index contributed by atoms with van der Waals surface area (Å²) in [5.74, 6) is 0.809. The summed E-state index contributed by atoms with van der Waals surface area (Å²) in [6, 6.07) is 5.71. The van der Waals surface area contributed by atoms with Gasteiger partial charge in [0.05, 0.1) is 12.7 Å². The smallest absolute Gasteiger partial charge is 0.120 e. The Labute approximate surface area is 92.0 Å². The standard InChI is InChI=1S/C11H13BrO2/c1-14-8-3-4-9(10(12)7-8)11(13)5-2-6-11/h3-4,7,13H,2,5-6H2,1H3. The largest absolute Gasteiger partial charge is 0.497 e. The van der Waals surface area contributed by atoms with Crippen molar-refractivity contribution in [2.45, 2.75) is 24.9 Å². The van der Waals surface area contributed by atoms with Crippen LogP contribution in [0.15, 0.2) is 22.7 Å². The molecule has 0 heterocycles. The molecule has 0 amide bonds. The first-order chi connectivity index (χ1) is 6.65. The highest BCUT2D eigenvalue weighted by Crippen LogP contribution is 2.44. The second-order valence-corrected chi connectivity index (χ2v) is 4.59. The van der Waals surface area contributed by atoms with Gasteiger partial charge in [-0.2, -0.15) is 0 Å². The van der Waals surface area contributed by atoms with Crippen LogP contribution in [-0.4, -0.2) is 12.2 Å². The highest BCUT2D eigenvalue weighted by molar-refractivity contribution is 9.10. The van der Waals surface area contributed by atoms with Crippen LogP contribution in [0, 0.1) is 0 Å². The molecule has 0 bridgehead atoms. The van der Waals surface area contributed by atoms with E-state index in [4.69, 9.17) is 4.74 Å². The predicted octanol–water partition coefficient (Wildman–Crippen LogP) is 2.83. The Balaban J connectivity index is 2.35. The molecule has 1 aliphatic carbocycles. The molecule has 3 heteroatoms. The molecular formula is C11H13BrO2. The minimum atomic E-state index is -0.606. The minimum Gasteiger partial charge on any atom is -0.497 e. The van der Waals surface area contributed by atoms with Gasteiger partial charge >= 0.3 is 0 Å². The molecule has 0 aromatic heterocycles. The topological polar surface area (TPSA) is 29.5 Å². The molecule has 14 heavy (non-hydrogen) atoms. The van der Waals surface area contributed by atoms with Crippen molar-refractivity contribution in [3.8, 4) is 5.75 Å². The zero-order chi connectivity index (χ0) is 10.2. The first kappa shape index (κ1) is 9.99. The van der Waals surface area contributed by atoms with Gasteiger partial charge in [0.25, 0.3) is 0 Å². The maximum absolute atomic E-state index is 10.2. The van der Waals surface area contributed by atoms with Crippen molar-refractivity contribution in [1.29, 1.82) is 0 Å². The van der Waals surface area contributed by atoms with E-state index in [0.717, 1.165) is 35.0 Å². The zero-order valence-electron chi connectivity index (χ0n) is 8.09. The molecule has 1 N–H and O–H groups in total. The van der Waals surface area contributed by atoms with Gasteiger partial charge in [0, 0.05) is 4.47 Å². The van der Waals surface area contributed by atoms with E-state index in [1.54, 1.807) is 7.11 Å². The molecule has 0 unspecified atom stereocenters. The number of aliphatic hydroxyl groups is 1. The Hall–Kier alpha value is -0.540. The highest BCUT2D eigenvalue weighted by Gasteiger charge is 2.37. The van der Waals surface area contributed by atoms with Crippen LogP contribution in [0.2, 0.25) is 0 Å². The number of ether oxygens (including phenoxy) is 1. The van der Waals surface area contributed by atoms with Crippen LogP contribution in [0.3, 0.4) is 0 Å². The molecule has 0 spiro atoms. The van der Waals surface area contributed by atoms with Gasteiger partial charge in [-0.1, -0.05) is 22.0 Å². The summed E-state index contributed by atoms with van der Waals surface area (Å²) < 4.78 is 6.03. The molecule has 0 radical (unpaired) electrons. The molecular weight excluding hydrogens is 244 g/mol. The van der Waals surface area contributed by atoms with Crippen LogP contribution in [0.1, 0.15) is 24.8 Å². The van der Waals surface area contributed by atoms with E-state index in [-0.39, 0.29) is 0 Å². The fraction of sp³-hybridized carbons (Fsp3) is 0.455. The van der Waals surface area contributed by atoms with Crippen LogP contribution in [0.5, 0.6) is 5.75 Å². The lowest BCUT2D eigenvalue weighted by molar-refractivity contribution is -0.0394. The van der Waals surface area contributed by atoms with Gasteiger partial charge in [-0.15, -0.1) is 0 Å². The second kappa shape index (κ2) is 3.55. The van der Waals surface area contributed by atoms with Crippen molar-refractivity contribution in [2.24, 2.45) is 0 Å². The lowest BCUT2D eigenvalue weighted by Gasteiger charge is -2.37. The van der Waals surface area contributed by atoms with Crippen LogP contribution >= 0.6 is 15.9 Å². The Bertz CT molecular complexity index is 345. The van der Waals surface area contributed by atoms with Crippen LogP contribution < -0.4 is 4.74 Å². The predicted molar refractivity (Wildman–Crippen MR) is 58.4 cm³/mol. The number of benzene rings is 1. The first-order valence-corrected chi connectivity index (χ1v) is 5.51. The highest BCUT2D eigenvalue weighted by atomic mass is 79.9. The van der Waals surface area contributed by atoms with Crippen LogP contribution in [0.4, 0.5) is 0 Å². The molecule has 76 valence electrons. The fourth-order valence-corrected chi connectivity index (χ4v) is 2.51. The van der Waals surface area contributed by atoms with Gasteiger partial charge < -0.3 is 9.84 Å². The van der Waals surface area contributed by atoms with E-state index in [2.05, 4.69) is 15.9 Å². The molecule has 1 saturated carbocycles. The van der Waals surface area contributed by atoms with E-state index >= 15 is 0 Å². The molecule has 1 aromatic rings. The third-order valence-electron chi connectivity index (χ3n) is 2.86. The van der Waals surface area contributed by atoms with Gasteiger partial charge in [-0.05, 0) is 37.0 Å². The molecule has 1 fully saturated rings. The average Bonchev–Trinajstić information content (AvgIpc) is 2.14. The van der Waals surface area contributed by atoms with Crippen molar-refractivity contribution >= 4 is 15.9 Å². The van der Waals surface area contributed by atoms with Crippen molar-refractivity contribution in [1.82, 2.24) is 0 Å². The molecule has 2 nitrogen and oxygen atoms in total. The lowest BCUT2D eigenvalue weighted by Crippen LogP contribution is -2.33. The summed E-state index contributed by atoms with van der Waals surface area (Å²) in [5, 5.41) is 10.2. The summed E-state index contributed by atoms with van der Waals surface area (Å²) in [7, 11) is 1.64. The monoisotopic (exact) mass is 256 g/mol. The van der Waals surface area contributed by atoms with Crippen molar-refractivity contribution in [3.05, 3.63) is 28.2 Å². The van der Waals surface area contributed by atoms with Gasteiger partial charge in [0.15, 0.2) is 0 Å². The number of hydrogen-bond donors (Lipinski definition) is 1. The van der Waals surface area contributed by atoms with Crippen molar-refractivity contribution < 1.29 is 9.84 Å². The summed E-state index contributed by atoms with van der Waals surface area (Å²) in [6.45, 7) is 0. The maximum Gasteiger partial charge on any atom is 0.120 e. The number of methoxy groups -OCH3 is 1. The SMILES string of the molecule is COc1ccc(C2(O)CCC2)c(Br)c1. The molecule has 0 aliphatic heterocycles. The van der Waals surface area contributed by atoms with Crippen molar-refractivity contribution in [3.63, 3.8) is 0 Å². The van der Waals surface area contributed by atoms with Gasteiger partial charge in [-0.3, -0.25) is 0 Å². The number of hydrogen-bond acceptors (Lipinski definition) is 2. The van der Waals surface area contributed by atoms with Crippen LogP contribution in [-0.2, 0) is 5.60 Å². The Kier molecular flexibility index (Phi) is 2.54. The van der Waals surface area contributed by atoms with E-state index in [0.29, 0.717) is 0 Å². The maximum atomic E-state index is 10.2. The normalized spacial score (nSPS) is 18.8. The first-order valence-electron chi connectivity index (χ1n) is 4.72. The molecule has 2 rings (SSSR count). The Morgan fingerprint density at radius 3 is 2.57 bits per heavy atom. The van der Waals surface area contributed by atoms with Gasteiger partial charge in [-0.25, -0.2) is 0 Å². The molecule has 0 atom stereocenters. The summed E-state index contributed by atoms with van der Waals surface area (Å²) >= 11 is 3.46. The number of halogens is 1. The molecule has 1 aromatic carbocycles. The third kappa shape index (κ3) is 1.55. The Morgan fingerprint density at radius 2 is 2.14 bits per heavy atom. The molecule has 1 aliphatic rings. The van der Waals surface area contributed by atoms with Gasteiger partial charge in [0.2, 0.25) is 0 Å².